The summed E-state index contributed by atoms with van der Waals surface area (Å²) in [5.41, 5.74) is 5.71. The number of halogens is 1. The van der Waals surface area contributed by atoms with Gasteiger partial charge in [-0.2, -0.15) is 0 Å². The van der Waals surface area contributed by atoms with Gasteiger partial charge in [0.05, 0.1) is 18.8 Å². The summed E-state index contributed by atoms with van der Waals surface area (Å²) in [4.78, 5) is 4.09. The van der Waals surface area contributed by atoms with Crippen molar-refractivity contribution >= 4 is 0 Å². The van der Waals surface area contributed by atoms with Gasteiger partial charge in [-0.05, 0) is 43.2 Å². The van der Waals surface area contributed by atoms with Gasteiger partial charge >= 0.3 is 0 Å². The summed E-state index contributed by atoms with van der Waals surface area (Å²) in [5.74, 6) is 5.88. The molecule has 3 N–H and O–H groups in total. The molecule has 0 amide bonds. The molecule has 0 saturated carbocycles. The lowest BCUT2D eigenvalue weighted by Gasteiger charge is -2.21. The minimum absolute atomic E-state index is 0.250. The molecule has 1 heterocycles. The normalized spacial score (nSPS) is 12.2. The zero-order valence-electron chi connectivity index (χ0n) is 11.8. The highest BCUT2D eigenvalue weighted by Gasteiger charge is 2.23. The molecule has 20 heavy (non-hydrogen) atoms. The van der Waals surface area contributed by atoms with Gasteiger partial charge < -0.3 is 4.74 Å². The summed E-state index contributed by atoms with van der Waals surface area (Å²) < 4.78 is 19.4. The Bertz CT molecular complexity index is 616. The molecule has 0 spiro atoms. The van der Waals surface area contributed by atoms with E-state index >= 15 is 0 Å². The van der Waals surface area contributed by atoms with Crippen LogP contribution in [0, 0.1) is 19.7 Å². The Morgan fingerprint density at radius 1 is 1.35 bits per heavy atom. The summed E-state index contributed by atoms with van der Waals surface area (Å²) in [5, 5.41) is 0. The molecule has 1 unspecified atom stereocenters. The molecule has 0 bridgehead atoms. The van der Waals surface area contributed by atoms with Crippen molar-refractivity contribution in [1.29, 1.82) is 0 Å². The van der Waals surface area contributed by atoms with Crippen LogP contribution in [0.5, 0.6) is 5.75 Å². The van der Waals surface area contributed by atoms with Gasteiger partial charge in [0.15, 0.2) is 0 Å². The Morgan fingerprint density at radius 3 is 2.70 bits per heavy atom. The Kier molecular flexibility index (Phi) is 4.32. The summed E-state index contributed by atoms with van der Waals surface area (Å²) in [6.45, 7) is 3.92. The predicted octanol–water partition coefficient (Wildman–Crippen LogP) is 2.40. The molecular weight excluding hydrogens is 257 g/mol. The quantitative estimate of drug-likeness (QED) is 0.664. The Morgan fingerprint density at radius 2 is 2.10 bits per heavy atom. The van der Waals surface area contributed by atoms with Crippen molar-refractivity contribution in [2.75, 3.05) is 7.11 Å². The Hall–Kier alpha value is -1.98. The molecule has 1 atom stereocenters. The minimum atomic E-state index is -0.563. The number of nitrogens with one attached hydrogen (secondary N) is 1. The van der Waals surface area contributed by atoms with E-state index in [2.05, 4.69) is 10.4 Å². The van der Waals surface area contributed by atoms with Crippen LogP contribution in [0.4, 0.5) is 4.39 Å². The van der Waals surface area contributed by atoms with Crippen LogP contribution in [0.2, 0.25) is 0 Å². The molecule has 0 fully saturated rings. The molecule has 0 aliphatic carbocycles. The molecule has 0 saturated heterocycles. The van der Waals surface area contributed by atoms with Crippen LogP contribution in [-0.4, -0.2) is 12.1 Å². The maximum atomic E-state index is 14.0. The maximum absolute atomic E-state index is 14.0. The lowest BCUT2D eigenvalue weighted by molar-refractivity contribution is 0.401. The van der Waals surface area contributed by atoms with Crippen LogP contribution in [0.3, 0.4) is 0 Å². The van der Waals surface area contributed by atoms with Gasteiger partial charge in [-0.25, -0.2) is 9.82 Å². The zero-order chi connectivity index (χ0) is 14.7. The second-order valence-corrected chi connectivity index (χ2v) is 4.67. The number of pyridine rings is 1. The number of nitrogens with zero attached hydrogens (tertiary/aromatic N) is 1. The number of rotatable bonds is 4. The third-order valence-electron chi connectivity index (χ3n) is 3.23. The monoisotopic (exact) mass is 275 g/mol. The van der Waals surface area contributed by atoms with Crippen molar-refractivity contribution in [1.82, 2.24) is 10.4 Å². The fraction of sp³-hybridized carbons (Fsp3) is 0.267. The van der Waals surface area contributed by atoms with Gasteiger partial charge in [-0.1, -0.05) is 6.07 Å². The predicted molar refractivity (Wildman–Crippen MR) is 75.8 cm³/mol. The van der Waals surface area contributed by atoms with E-state index in [1.165, 1.54) is 6.07 Å². The highest BCUT2D eigenvalue weighted by Crippen LogP contribution is 2.33. The molecule has 1 aromatic carbocycles. The second-order valence-electron chi connectivity index (χ2n) is 4.67. The number of hydrazine groups is 1. The van der Waals surface area contributed by atoms with Gasteiger partial charge in [-0.15, -0.1) is 0 Å². The molecule has 0 radical (unpaired) electrons. The van der Waals surface area contributed by atoms with Gasteiger partial charge in [0, 0.05) is 11.8 Å². The lowest BCUT2D eigenvalue weighted by Crippen LogP contribution is -2.31. The number of methoxy groups -OCH3 is 1. The number of aromatic nitrogens is 1. The smallest absolute Gasteiger partial charge is 0.146 e. The topological polar surface area (TPSA) is 60.2 Å². The number of aryl methyl sites for hydroxylation is 2. The van der Waals surface area contributed by atoms with Gasteiger partial charge in [-0.3, -0.25) is 10.8 Å². The largest absolute Gasteiger partial charge is 0.496 e. The number of nitrogens with two attached hydrogens (primary N) is 1. The fourth-order valence-electron chi connectivity index (χ4n) is 2.39. The molecule has 2 aromatic rings. The molecule has 0 aliphatic heterocycles. The van der Waals surface area contributed by atoms with Crippen LogP contribution < -0.4 is 16.0 Å². The molecular formula is C15H18FN3O. The van der Waals surface area contributed by atoms with E-state index in [9.17, 15) is 4.39 Å². The second kappa shape index (κ2) is 5.98. The molecule has 106 valence electrons. The van der Waals surface area contributed by atoms with Gasteiger partial charge in [0.25, 0.3) is 0 Å². The van der Waals surface area contributed by atoms with E-state index in [0.29, 0.717) is 5.75 Å². The van der Waals surface area contributed by atoms with Crippen molar-refractivity contribution in [2.45, 2.75) is 19.9 Å². The number of ether oxygens (including phenoxy) is 1. The van der Waals surface area contributed by atoms with Crippen molar-refractivity contribution < 1.29 is 9.13 Å². The van der Waals surface area contributed by atoms with Crippen molar-refractivity contribution in [3.8, 4) is 5.75 Å². The van der Waals surface area contributed by atoms with Crippen LogP contribution in [-0.2, 0) is 0 Å². The van der Waals surface area contributed by atoms with Crippen molar-refractivity contribution in [3.63, 3.8) is 0 Å². The molecule has 1 aromatic heterocycles. The highest BCUT2D eigenvalue weighted by molar-refractivity contribution is 5.47. The van der Waals surface area contributed by atoms with E-state index in [-0.39, 0.29) is 5.69 Å². The highest BCUT2D eigenvalue weighted by atomic mass is 19.1. The molecule has 4 nitrogen and oxygen atoms in total. The lowest BCUT2D eigenvalue weighted by atomic mass is 9.95. The van der Waals surface area contributed by atoms with Crippen molar-refractivity contribution in [2.24, 2.45) is 5.84 Å². The zero-order valence-corrected chi connectivity index (χ0v) is 11.8. The number of hydrogen-bond donors (Lipinski definition) is 2. The third-order valence-corrected chi connectivity index (χ3v) is 3.23. The molecule has 2 rings (SSSR count). The van der Waals surface area contributed by atoms with Crippen LogP contribution in [0.1, 0.15) is 28.4 Å². The van der Waals surface area contributed by atoms with Gasteiger partial charge in [0.2, 0.25) is 0 Å². The van der Waals surface area contributed by atoms with Crippen LogP contribution >= 0.6 is 0 Å². The first kappa shape index (κ1) is 14.4. The first-order valence-electron chi connectivity index (χ1n) is 6.30. The van der Waals surface area contributed by atoms with E-state index in [1.54, 1.807) is 19.4 Å². The first-order valence-corrected chi connectivity index (χ1v) is 6.30. The van der Waals surface area contributed by atoms with E-state index < -0.39 is 11.9 Å². The SMILES string of the molecule is COc1cc(C)cc(C)c1C(NN)c1ncccc1F. The number of benzene rings is 1. The average Bonchev–Trinajstić information content (AvgIpc) is 2.43. The summed E-state index contributed by atoms with van der Waals surface area (Å²) in [7, 11) is 1.58. The van der Waals surface area contributed by atoms with E-state index in [1.807, 2.05) is 26.0 Å². The van der Waals surface area contributed by atoms with Crippen LogP contribution in [0.15, 0.2) is 30.5 Å². The minimum Gasteiger partial charge on any atom is -0.496 e. The van der Waals surface area contributed by atoms with Crippen LogP contribution in [0.25, 0.3) is 0 Å². The van der Waals surface area contributed by atoms with E-state index in [4.69, 9.17) is 10.6 Å². The Labute approximate surface area is 117 Å². The van der Waals surface area contributed by atoms with E-state index in [0.717, 1.165) is 16.7 Å². The average molecular weight is 275 g/mol. The summed E-state index contributed by atoms with van der Waals surface area (Å²) in [6, 6.07) is 6.25. The number of hydrogen-bond acceptors (Lipinski definition) is 4. The van der Waals surface area contributed by atoms with Crippen molar-refractivity contribution in [3.05, 3.63) is 58.7 Å². The maximum Gasteiger partial charge on any atom is 0.146 e. The first-order chi connectivity index (χ1) is 9.58. The Balaban J connectivity index is 2.61. The molecule has 0 aliphatic rings. The summed E-state index contributed by atoms with van der Waals surface area (Å²) in [6.07, 6.45) is 1.54. The standard InChI is InChI=1S/C15H18FN3O/c1-9-7-10(2)13(12(8-9)20-3)15(19-17)14-11(16)5-4-6-18-14/h4-8,15,19H,17H2,1-3H3. The molecule has 5 heteroatoms. The van der Waals surface area contributed by atoms with Gasteiger partial charge in [0.1, 0.15) is 11.6 Å². The third kappa shape index (κ3) is 2.64. The fourth-order valence-corrected chi connectivity index (χ4v) is 2.39. The summed E-state index contributed by atoms with van der Waals surface area (Å²) >= 11 is 0.